The maximum absolute atomic E-state index is 12.2. The lowest BCUT2D eigenvalue weighted by Crippen LogP contribution is -2.34. The fourth-order valence-electron chi connectivity index (χ4n) is 1.95. The van der Waals surface area contributed by atoms with Crippen LogP contribution in [0.3, 0.4) is 0 Å². The smallest absolute Gasteiger partial charge is 0.422 e. The van der Waals surface area contributed by atoms with Gasteiger partial charge in [-0.2, -0.15) is 0 Å². The van der Waals surface area contributed by atoms with E-state index in [1.54, 1.807) is 27.0 Å². The van der Waals surface area contributed by atoms with E-state index in [4.69, 9.17) is 4.74 Å². The number of hydrogen-bond acceptors (Lipinski definition) is 3. The van der Waals surface area contributed by atoms with Crippen molar-refractivity contribution in [3.05, 3.63) is 58.3 Å². The molecule has 0 bridgehead atoms. The molecule has 1 aromatic carbocycles. The highest BCUT2D eigenvalue weighted by Gasteiger charge is 2.20. The molecular weight excluding hydrogens is 268 g/mol. The van der Waals surface area contributed by atoms with Crippen molar-refractivity contribution in [2.24, 2.45) is 0 Å². The van der Waals surface area contributed by atoms with Crippen LogP contribution < -0.4 is 5.69 Å². The van der Waals surface area contributed by atoms with Gasteiger partial charge in [0.05, 0.1) is 6.54 Å². The summed E-state index contributed by atoms with van der Waals surface area (Å²) in [6.45, 7) is 7.72. The van der Waals surface area contributed by atoms with E-state index >= 15 is 0 Å². The summed E-state index contributed by atoms with van der Waals surface area (Å²) in [5.74, 6) is 0. The minimum atomic E-state index is -0.656. The highest BCUT2D eigenvalue weighted by atomic mass is 16.6. The Morgan fingerprint density at radius 2 is 1.86 bits per heavy atom. The quantitative estimate of drug-likeness (QED) is 0.854. The Labute approximate surface area is 123 Å². The van der Waals surface area contributed by atoms with Crippen LogP contribution in [-0.2, 0) is 11.3 Å². The molecule has 0 fully saturated rings. The predicted octanol–water partition coefficient (Wildman–Crippen LogP) is 2.79. The number of carbonyl (C=O) groups is 1. The number of benzene rings is 1. The first-order valence-electron chi connectivity index (χ1n) is 6.83. The van der Waals surface area contributed by atoms with Crippen LogP contribution in [0.5, 0.6) is 0 Å². The van der Waals surface area contributed by atoms with Gasteiger partial charge in [-0.05, 0) is 38.8 Å². The summed E-state index contributed by atoms with van der Waals surface area (Å²) in [6.07, 6.45) is 2.38. The van der Waals surface area contributed by atoms with Crippen LogP contribution in [0.1, 0.15) is 31.9 Å². The summed E-state index contributed by atoms with van der Waals surface area (Å²) in [4.78, 5) is 24.2. The molecule has 0 atom stereocenters. The molecule has 0 amide bonds. The van der Waals surface area contributed by atoms with E-state index in [2.05, 4.69) is 0 Å². The minimum absolute atomic E-state index is 0.396. The van der Waals surface area contributed by atoms with Gasteiger partial charge < -0.3 is 4.74 Å². The zero-order valence-corrected chi connectivity index (χ0v) is 12.8. The maximum atomic E-state index is 12.2. The lowest BCUT2D eigenvalue weighted by atomic mass is 10.1. The summed E-state index contributed by atoms with van der Waals surface area (Å²) in [5.41, 5.74) is 1.12. The molecule has 0 spiro atoms. The van der Waals surface area contributed by atoms with Crippen molar-refractivity contribution in [3.63, 3.8) is 0 Å². The zero-order valence-electron chi connectivity index (χ0n) is 12.8. The largest absolute Gasteiger partial charge is 0.443 e. The van der Waals surface area contributed by atoms with Gasteiger partial charge in [-0.1, -0.05) is 24.3 Å². The van der Waals surface area contributed by atoms with E-state index < -0.39 is 17.4 Å². The van der Waals surface area contributed by atoms with Gasteiger partial charge in [0.15, 0.2) is 0 Å². The van der Waals surface area contributed by atoms with Gasteiger partial charge in [-0.3, -0.25) is 4.57 Å². The molecule has 112 valence electrons. The molecule has 5 nitrogen and oxygen atoms in total. The van der Waals surface area contributed by atoms with Gasteiger partial charge in [-0.15, -0.1) is 0 Å². The molecule has 1 heterocycles. The maximum Gasteiger partial charge on any atom is 0.422 e. The van der Waals surface area contributed by atoms with E-state index in [-0.39, 0.29) is 0 Å². The summed E-state index contributed by atoms with van der Waals surface area (Å²) in [5, 5.41) is 0. The first-order valence-corrected chi connectivity index (χ1v) is 6.83. The van der Waals surface area contributed by atoms with Gasteiger partial charge in [0, 0.05) is 12.4 Å². The SMILES string of the molecule is Cc1ccccc1Cn1ccn(C(=O)OC(C)(C)C)c1=O. The van der Waals surface area contributed by atoms with Gasteiger partial charge in [0.25, 0.3) is 0 Å². The van der Waals surface area contributed by atoms with Crippen molar-refractivity contribution in [3.8, 4) is 0 Å². The number of hydrogen-bond donors (Lipinski definition) is 0. The first kappa shape index (κ1) is 15.1. The third-order valence-corrected chi connectivity index (χ3v) is 3.04. The van der Waals surface area contributed by atoms with Crippen LogP contribution in [0.4, 0.5) is 4.79 Å². The molecule has 21 heavy (non-hydrogen) atoms. The van der Waals surface area contributed by atoms with E-state index in [0.717, 1.165) is 15.7 Å². The molecule has 0 unspecified atom stereocenters. The monoisotopic (exact) mass is 288 g/mol. The summed E-state index contributed by atoms with van der Waals surface area (Å²) < 4.78 is 7.68. The van der Waals surface area contributed by atoms with E-state index in [1.807, 2.05) is 31.2 Å². The van der Waals surface area contributed by atoms with Crippen LogP contribution in [0.15, 0.2) is 41.5 Å². The van der Waals surface area contributed by atoms with Crippen molar-refractivity contribution in [1.29, 1.82) is 0 Å². The van der Waals surface area contributed by atoms with E-state index in [9.17, 15) is 9.59 Å². The number of aromatic nitrogens is 2. The molecule has 0 aliphatic heterocycles. The lowest BCUT2D eigenvalue weighted by molar-refractivity contribution is 0.0530. The lowest BCUT2D eigenvalue weighted by Gasteiger charge is -2.18. The number of nitrogens with zero attached hydrogens (tertiary/aromatic N) is 2. The van der Waals surface area contributed by atoms with Gasteiger partial charge >= 0.3 is 11.8 Å². The molecule has 2 rings (SSSR count). The van der Waals surface area contributed by atoms with Crippen molar-refractivity contribution in [2.45, 2.75) is 39.8 Å². The van der Waals surface area contributed by atoms with Gasteiger partial charge in [0.2, 0.25) is 0 Å². The van der Waals surface area contributed by atoms with Crippen LogP contribution in [0, 0.1) is 6.92 Å². The molecule has 0 aliphatic rings. The Balaban J connectivity index is 2.24. The Bertz CT molecular complexity index is 705. The topological polar surface area (TPSA) is 53.2 Å². The third kappa shape index (κ3) is 3.62. The Morgan fingerprint density at radius 1 is 1.19 bits per heavy atom. The summed E-state index contributed by atoms with van der Waals surface area (Å²) in [6, 6.07) is 7.84. The molecule has 1 aromatic heterocycles. The number of rotatable bonds is 2. The second kappa shape index (κ2) is 5.60. The molecule has 0 aliphatic carbocycles. The number of carbonyl (C=O) groups excluding carboxylic acids is 1. The van der Waals surface area contributed by atoms with Crippen LogP contribution >= 0.6 is 0 Å². The molecular formula is C16H20N2O3. The third-order valence-electron chi connectivity index (χ3n) is 3.04. The molecule has 0 N–H and O–H groups in total. The number of imidazole rings is 1. The summed E-state index contributed by atoms with van der Waals surface area (Å²) in [7, 11) is 0. The average Bonchev–Trinajstić information content (AvgIpc) is 2.72. The van der Waals surface area contributed by atoms with Gasteiger partial charge in [0.1, 0.15) is 5.60 Å². The summed E-state index contributed by atoms with van der Waals surface area (Å²) >= 11 is 0. The molecule has 5 heteroatoms. The van der Waals surface area contributed by atoms with Gasteiger partial charge in [-0.25, -0.2) is 14.2 Å². The van der Waals surface area contributed by atoms with Crippen LogP contribution in [0.2, 0.25) is 0 Å². The second-order valence-corrected chi connectivity index (χ2v) is 5.99. The molecule has 2 aromatic rings. The standard InChI is InChI=1S/C16H20N2O3/c1-12-7-5-6-8-13(12)11-17-9-10-18(14(17)19)15(20)21-16(2,3)4/h5-10H,11H2,1-4H3. The highest BCUT2D eigenvalue weighted by Crippen LogP contribution is 2.10. The highest BCUT2D eigenvalue weighted by molar-refractivity contribution is 5.70. The average molecular weight is 288 g/mol. The molecule has 0 radical (unpaired) electrons. The predicted molar refractivity (Wildman–Crippen MR) is 80.6 cm³/mol. The van der Waals surface area contributed by atoms with Crippen molar-refractivity contribution >= 4 is 6.09 Å². The van der Waals surface area contributed by atoms with Crippen molar-refractivity contribution < 1.29 is 9.53 Å². The number of aryl methyl sites for hydroxylation is 1. The van der Waals surface area contributed by atoms with E-state index in [0.29, 0.717) is 6.54 Å². The Hall–Kier alpha value is -2.30. The minimum Gasteiger partial charge on any atom is -0.443 e. The Kier molecular flexibility index (Phi) is 4.02. The number of ether oxygens (including phenoxy) is 1. The van der Waals surface area contributed by atoms with E-state index in [1.165, 1.54) is 10.8 Å². The Morgan fingerprint density at radius 3 is 2.48 bits per heavy atom. The fourth-order valence-corrected chi connectivity index (χ4v) is 1.95. The normalized spacial score (nSPS) is 11.4. The van der Waals surface area contributed by atoms with Crippen LogP contribution in [0.25, 0.3) is 0 Å². The zero-order chi connectivity index (χ0) is 15.6. The molecule has 0 saturated heterocycles. The van der Waals surface area contributed by atoms with Crippen LogP contribution in [-0.4, -0.2) is 20.8 Å². The fraction of sp³-hybridized carbons (Fsp3) is 0.375. The second-order valence-electron chi connectivity index (χ2n) is 5.99. The van der Waals surface area contributed by atoms with Crippen molar-refractivity contribution in [2.75, 3.05) is 0 Å². The molecule has 0 saturated carbocycles. The first-order chi connectivity index (χ1) is 9.78. The van der Waals surface area contributed by atoms with Crippen molar-refractivity contribution in [1.82, 2.24) is 9.13 Å².